The van der Waals surface area contributed by atoms with Crippen molar-refractivity contribution in [3.63, 3.8) is 0 Å². The van der Waals surface area contributed by atoms with Crippen molar-refractivity contribution in [1.29, 1.82) is 0 Å². The molecule has 0 radical (unpaired) electrons. The lowest BCUT2D eigenvalue weighted by atomic mass is 9.71. The van der Waals surface area contributed by atoms with Gasteiger partial charge in [0, 0.05) is 20.0 Å². The van der Waals surface area contributed by atoms with E-state index in [4.69, 9.17) is 14.2 Å². The molecule has 1 aliphatic carbocycles. The third-order valence-electron chi connectivity index (χ3n) is 5.65. The highest BCUT2D eigenvalue weighted by molar-refractivity contribution is 6.73. The number of hydrogen-bond acceptors (Lipinski definition) is 3. The van der Waals surface area contributed by atoms with Crippen LogP contribution in [0.3, 0.4) is 0 Å². The highest BCUT2D eigenvalue weighted by atomic mass is 28.4. The second-order valence-electron chi connectivity index (χ2n) is 7.67. The molecule has 126 valence electrons. The van der Waals surface area contributed by atoms with Gasteiger partial charge in [0.2, 0.25) is 8.32 Å². The molecule has 0 spiro atoms. The fourth-order valence-corrected chi connectivity index (χ4v) is 5.52. The maximum Gasteiger partial charge on any atom is 0.238 e. The van der Waals surface area contributed by atoms with Crippen LogP contribution in [0.1, 0.15) is 67.2 Å². The van der Waals surface area contributed by atoms with Crippen LogP contribution in [0.4, 0.5) is 0 Å². The Hall–Kier alpha value is 0.0969. The third kappa shape index (κ3) is 4.78. The average molecular weight is 317 g/mol. The van der Waals surface area contributed by atoms with Crippen LogP contribution >= 0.6 is 0 Å². The number of methoxy groups -OCH3 is 1. The van der Waals surface area contributed by atoms with Crippen LogP contribution in [-0.2, 0) is 14.2 Å². The minimum Gasteiger partial charge on any atom is -0.351 e. The summed E-state index contributed by atoms with van der Waals surface area (Å²) in [5.41, 5.74) is 0.371. The van der Waals surface area contributed by atoms with Gasteiger partial charge >= 0.3 is 0 Å². The number of ether oxygens (including phenoxy) is 1. The SMILES string of the molecule is CC[Si](CC)(CC)OOC1(OC)CCC(C(C)(C)C)CC1. The summed E-state index contributed by atoms with van der Waals surface area (Å²) in [6.45, 7) is 13.7. The van der Waals surface area contributed by atoms with E-state index in [2.05, 4.69) is 41.5 Å². The van der Waals surface area contributed by atoms with Gasteiger partial charge < -0.3 is 4.74 Å². The van der Waals surface area contributed by atoms with Crippen LogP contribution in [0.2, 0.25) is 18.1 Å². The van der Waals surface area contributed by atoms with Gasteiger partial charge in [-0.2, -0.15) is 0 Å². The van der Waals surface area contributed by atoms with Crippen LogP contribution in [0.15, 0.2) is 0 Å². The van der Waals surface area contributed by atoms with Crippen molar-refractivity contribution in [2.45, 2.75) is 91.1 Å². The Labute approximate surface area is 132 Å². The molecule has 0 aromatic carbocycles. The smallest absolute Gasteiger partial charge is 0.238 e. The molecule has 1 aliphatic rings. The first kappa shape index (κ1) is 19.1. The molecule has 0 aromatic heterocycles. The zero-order valence-corrected chi connectivity index (χ0v) is 16.3. The first-order chi connectivity index (χ1) is 9.76. The fourth-order valence-electron chi connectivity index (χ4n) is 3.34. The Balaban J connectivity index is 2.64. The first-order valence-electron chi connectivity index (χ1n) is 8.68. The van der Waals surface area contributed by atoms with Gasteiger partial charge in [0.15, 0.2) is 5.79 Å². The molecule has 0 heterocycles. The largest absolute Gasteiger partial charge is 0.351 e. The topological polar surface area (TPSA) is 27.7 Å². The van der Waals surface area contributed by atoms with Crippen LogP contribution in [-0.4, -0.2) is 21.2 Å². The van der Waals surface area contributed by atoms with Gasteiger partial charge in [0.25, 0.3) is 0 Å². The summed E-state index contributed by atoms with van der Waals surface area (Å²) in [6.07, 6.45) is 4.18. The molecule has 0 unspecified atom stereocenters. The molecule has 0 N–H and O–H groups in total. The minimum atomic E-state index is -1.72. The molecule has 0 saturated heterocycles. The molecular formula is C17H36O3Si. The second kappa shape index (κ2) is 7.58. The van der Waals surface area contributed by atoms with Gasteiger partial charge in [-0.3, -0.25) is 4.58 Å². The Bertz CT molecular complexity index is 291. The zero-order valence-electron chi connectivity index (χ0n) is 15.3. The molecular weight excluding hydrogens is 280 g/mol. The van der Waals surface area contributed by atoms with Crippen molar-refractivity contribution in [1.82, 2.24) is 0 Å². The van der Waals surface area contributed by atoms with Crippen molar-refractivity contribution >= 4 is 8.32 Å². The highest BCUT2D eigenvalue weighted by Gasteiger charge is 2.43. The molecule has 0 aromatic rings. The van der Waals surface area contributed by atoms with Crippen molar-refractivity contribution in [2.75, 3.05) is 7.11 Å². The van der Waals surface area contributed by atoms with Gasteiger partial charge in [-0.1, -0.05) is 41.5 Å². The van der Waals surface area contributed by atoms with Crippen molar-refractivity contribution in [3.05, 3.63) is 0 Å². The van der Waals surface area contributed by atoms with E-state index in [1.807, 2.05) is 0 Å². The maximum absolute atomic E-state index is 6.05. The Morgan fingerprint density at radius 3 is 1.81 bits per heavy atom. The quantitative estimate of drug-likeness (QED) is 0.268. The Kier molecular flexibility index (Phi) is 6.91. The Morgan fingerprint density at radius 1 is 1.00 bits per heavy atom. The molecule has 0 aliphatic heterocycles. The highest BCUT2D eigenvalue weighted by Crippen LogP contribution is 2.43. The lowest BCUT2D eigenvalue weighted by Crippen LogP contribution is -2.46. The second-order valence-corrected chi connectivity index (χ2v) is 12.3. The van der Waals surface area contributed by atoms with E-state index in [0.717, 1.165) is 49.7 Å². The summed E-state index contributed by atoms with van der Waals surface area (Å²) in [7, 11) is 0.0373. The predicted molar refractivity (Wildman–Crippen MR) is 90.5 cm³/mol. The van der Waals surface area contributed by atoms with Gasteiger partial charge in [0.1, 0.15) is 0 Å². The van der Waals surface area contributed by atoms with Gasteiger partial charge in [0.05, 0.1) is 0 Å². The van der Waals surface area contributed by atoms with E-state index < -0.39 is 14.1 Å². The van der Waals surface area contributed by atoms with E-state index in [-0.39, 0.29) is 0 Å². The molecule has 3 nitrogen and oxygen atoms in total. The summed E-state index contributed by atoms with van der Waals surface area (Å²) < 4.78 is 11.8. The standard InChI is InChI=1S/C17H36O3Si/c1-8-21(9-2,10-3)20-19-17(18-7)13-11-15(12-14-17)16(4,5)6/h15H,8-14H2,1-7H3. The number of hydrogen-bond donors (Lipinski definition) is 0. The molecule has 21 heavy (non-hydrogen) atoms. The third-order valence-corrected chi connectivity index (χ3v) is 9.95. The van der Waals surface area contributed by atoms with Gasteiger partial charge in [-0.05, 0) is 42.3 Å². The molecule has 1 fully saturated rings. The molecule has 0 bridgehead atoms. The average Bonchev–Trinajstić information content (AvgIpc) is 2.49. The summed E-state index contributed by atoms with van der Waals surface area (Å²) in [5.74, 6) is 0.231. The van der Waals surface area contributed by atoms with Crippen molar-refractivity contribution in [2.24, 2.45) is 11.3 Å². The summed E-state index contributed by atoms with van der Waals surface area (Å²) in [6, 6.07) is 3.30. The predicted octanol–water partition coefficient (Wildman–Crippen LogP) is 5.52. The molecule has 0 atom stereocenters. The van der Waals surface area contributed by atoms with Crippen LogP contribution in [0.5, 0.6) is 0 Å². The Morgan fingerprint density at radius 2 is 1.48 bits per heavy atom. The van der Waals surface area contributed by atoms with E-state index in [1.165, 1.54) is 0 Å². The molecule has 1 saturated carbocycles. The van der Waals surface area contributed by atoms with Crippen LogP contribution in [0, 0.1) is 11.3 Å². The van der Waals surface area contributed by atoms with E-state index in [1.54, 1.807) is 7.11 Å². The monoisotopic (exact) mass is 316 g/mol. The van der Waals surface area contributed by atoms with Crippen LogP contribution < -0.4 is 0 Å². The fraction of sp³-hybridized carbons (Fsp3) is 1.00. The normalized spacial score (nSPS) is 27.9. The zero-order chi connectivity index (χ0) is 16.1. The van der Waals surface area contributed by atoms with Crippen molar-refractivity contribution in [3.8, 4) is 0 Å². The van der Waals surface area contributed by atoms with Crippen molar-refractivity contribution < 1.29 is 14.2 Å². The first-order valence-corrected chi connectivity index (χ1v) is 11.2. The summed E-state index contributed by atoms with van der Waals surface area (Å²) in [4.78, 5) is 5.96. The van der Waals surface area contributed by atoms with E-state index in [9.17, 15) is 0 Å². The molecule has 1 rings (SSSR count). The summed E-state index contributed by atoms with van der Waals surface area (Å²) in [5, 5.41) is 0. The van der Waals surface area contributed by atoms with E-state index >= 15 is 0 Å². The van der Waals surface area contributed by atoms with Crippen LogP contribution in [0.25, 0.3) is 0 Å². The van der Waals surface area contributed by atoms with Gasteiger partial charge in [-0.25, -0.2) is 4.89 Å². The maximum atomic E-state index is 6.05. The molecule has 4 heteroatoms. The molecule has 0 amide bonds. The lowest BCUT2D eigenvalue weighted by molar-refractivity contribution is -0.393. The number of rotatable bonds is 7. The summed E-state index contributed by atoms with van der Waals surface area (Å²) >= 11 is 0. The minimum absolute atomic E-state index is 0.371. The van der Waals surface area contributed by atoms with Gasteiger partial charge in [-0.15, -0.1) is 0 Å². The van der Waals surface area contributed by atoms with E-state index in [0.29, 0.717) is 5.41 Å². The lowest BCUT2D eigenvalue weighted by Gasteiger charge is -2.43.